The Morgan fingerprint density at radius 2 is 1.92 bits per heavy atom. The van der Waals surface area contributed by atoms with Crippen LogP contribution in [0.15, 0.2) is 48.7 Å². The van der Waals surface area contributed by atoms with Gasteiger partial charge in [-0.3, -0.25) is 14.7 Å². The summed E-state index contributed by atoms with van der Waals surface area (Å²) < 4.78 is 5.17. The molecule has 130 valence electrons. The molecule has 25 heavy (non-hydrogen) atoms. The predicted molar refractivity (Wildman–Crippen MR) is 93.1 cm³/mol. The molecule has 1 saturated heterocycles. The minimum absolute atomic E-state index is 0.221. The number of pyridine rings is 1. The Hall–Kier alpha value is -2.89. The van der Waals surface area contributed by atoms with Gasteiger partial charge in [-0.15, -0.1) is 0 Å². The van der Waals surface area contributed by atoms with E-state index in [1.165, 1.54) is 4.90 Å². The molecule has 0 spiro atoms. The van der Waals surface area contributed by atoms with Crippen molar-refractivity contribution in [3.05, 3.63) is 59.9 Å². The van der Waals surface area contributed by atoms with Crippen molar-refractivity contribution in [1.82, 2.24) is 15.2 Å². The minimum atomic E-state index is -1.02. The zero-order valence-electron chi connectivity index (χ0n) is 14.4. The lowest BCUT2D eigenvalue weighted by atomic mass is 9.87. The van der Waals surface area contributed by atoms with E-state index in [9.17, 15) is 9.59 Å². The van der Waals surface area contributed by atoms with Gasteiger partial charge in [-0.2, -0.15) is 0 Å². The van der Waals surface area contributed by atoms with E-state index in [0.29, 0.717) is 25.1 Å². The second-order valence-electron chi connectivity index (χ2n) is 5.95. The molecule has 1 N–H and O–H groups in total. The second kappa shape index (κ2) is 6.93. The molecule has 0 saturated carbocycles. The molecule has 3 amide bonds. The van der Waals surface area contributed by atoms with Crippen molar-refractivity contribution in [2.45, 2.75) is 25.3 Å². The van der Waals surface area contributed by atoms with Crippen LogP contribution < -0.4 is 10.1 Å². The maximum atomic E-state index is 13.0. The summed E-state index contributed by atoms with van der Waals surface area (Å²) in [4.78, 5) is 31.0. The van der Waals surface area contributed by atoms with Crippen LogP contribution in [0.25, 0.3) is 0 Å². The van der Waals surface area contributed by atoms with Crippen molar-refractivity contribution in [3.8, 4) is 5.75 Å². The van der Waals surface area contributed by atoms with E-state index >= 15 is 0 Å². The van der Waals surface area contributed by atoms with Gasteiger partial charge < -0.3 is 10.1 Å². The van der Waals surface area contributed by atoms with Crippen LogP contribution in [0.2, 0.25) is 0 Å². The fourth-order valence-corrected chi connectivity index (χ4v) is 3.12. The molecule has 1 aromatic heterocycles. The number of methoxy groups -OCH3 is 1. The Bertz CT molecular complexity index is 761. The van der Waals surface area contributed by atoms with E-state index in [1.54, 1.807) is 25.4 Å². The van der Waals surface area contributed by atoms with Gasteiger partial charge in [-0.05, 0) is 36.2 Å². The number of benzene rings is 1. The highest BCUT2D eigenvalue weighted by Gasteiger charge is 2.50. The maximum absolute atomic E-state index is 13.0. The van der Waals surface area contributed by atoms with Crippen LogP contribution in [-0.4, -0.2) is 35.5 Å². The molecule has 0 aliphatic carbocycles. The molecule has 3 rings (SSSR count). The standard InChI is InChI=1S/C19H21N3O3/c1-3-19(14-7-9-16(25-2)10-8-14)17(23)22(18(24)21-19)13-11-15-6-4-5-12-20-15/h4-10,12H,3,11,13H2,1-2H3,(H,21,24). The topological polar surface area (TPSA) is 71.5 Å². The molecular formula is C19H21N3O3. The van der Waals surface area contributed by atoms with Crippen molar-refractivity contribution in [3.63, 3.8) is 0 Å². The second-order valence-corrected chi connectivity index (χ2v) is 5.95. The van der Waals surface area contributed by atoms with Crippen molar-refractivity contribution < 1.29 is 14.3 Å². The highest BCUT2D eigenvalue weighted by Crippen LogP contribution is 2.33. The van der Waals surface area contributed by atoms with E-state index in [2.05, 4.69) is 10.3 Å². The van der Waals surface area contributed by atoms with Crippen LogP contribution in [0, 0.1) is 0 Å². The number of carbonyl (C=O) groups excluding carboxylic acids is 2. The molecule has 6 heteroatoms. The number of amides is 3. The Labute approximate surface area is 146 Å². The number of urea groups is 1. The largest absolute Gasteiger partial charge is 0.497 e. The number of nitrogens with zero attached hydrogens (tertiary/aromatic N) is 2. The Morgan fingerprint density at radius 3 is 2.52 bits per heavy atom. The first-order valence-corrected chi connectivity index (χ1v) is 8.29. The van der Waals surface area contributed by atoms with E-state index in [-0.39, 0.29) is 11.9 Å². The van der Waals surface area contributed by atoms with Crippen LogP contribution >= 0.6 is 0 Å². The van der Waals surface area contributed by atoms with E-state index in [0.717, 1.165) is 11.3 Å². The lowest BCUT2D eigenvalue weighted by molar-refractivity contribution is -0.131. The van der Waals surface area contributed by atoms with Gasteiger partial charge in [0, 0.05) is 24.9 Å². The molecule has 1 aliphatic rings. The number of imide groups is 1. The molecule has 1 fully saturated rings. The third-order valence-corrected chi connectivity index (χ3v) is 4.61. The first-order valence-electron chi connectivity index (χ1n) is 8.29. The van der Waals surface area contributed by atoms with Gasteiger partial charge in [-0.25, -0.2) is 4.79 Å². The minimum Gasteiger partial charge on any atom is -0.497 e. The van der Waals surface area contributed by atoms with E-state index in [4.69, 9.17) is 4.74 Å². The number of hydrogen-bond acceptors (Lipinski definition) is 4. The summed E-state index contributed by atoms with van der Waals surface area (Å²) in [6, 6.07) is 12.5. The van der Waals surface area contributed by atoms with Gasteiger partial charge in [0.2, 0.25) is 0 Å². The molecule has 2 aromatic rings. The van der Waals surface area contributed by atoms with Crippen LogP contribution in [0.1, 0.15) is 24.6 Å². The molecular weight excluding hydrogens is 318 g/mol. The molecule has 0 bridgehead atoms. The van der Waals surface area contributed by atoms with Crippen LogP contribution in [0.4, 0.5) is 4.79 Å². The Balaban J connectivity index is 1.82. The summed E-state index contributed by atoms with van der Waals surface area (Å²) in [6.45, 7) is 2.20. The summed E-state index contributed by atoms with van der Waals surface area (Å²) in [7, 11) is 1.59. The van der Waals surface area contributed by atoms with Gasteiger partial charge in [0.15, 0.2) is 0 Å². The highest BCUT2D eigenvalue weighted by molar-refractivity contribution is 6.07. The number of carbonyl (C=O) groups is 2. The Morgan fingerprint density at radius 1 is 1.16 bits per heavy atom. The van der Waals surface area contributed by atoms with E-state index in [1.807, 2.05) is 37.3 Å². The number of nitrogens with one attached hydrogen (secondary N) is 1. The maximum Gasteiger partial charge on any atom is 0.325 e. The van der Waals surface area contributed by atoms with Crippen LogP contribution in [-0.2, 0) is 16.8 Å². The molecule has 6 nitrogen and oxygen atoms in total. The number of rotatable bonds is 6. The lowest BCUT2D eigenvalue weighted by Crippen LogP contribution is -2.43. The SMILES string of the molecule is CCC1(c2ccc(OC)cc2)NC(=O)N(CCc2ccccn2)C1=O. The van der Waals surface area contributed by atoms with Crippen molar-refractivity contribution in [2.75, 3.05) is 13.7 Å². The summed E-state index contributed by atoms with van der Waals surface area (Å²) in [6.07, 6.45) is 2.71. The highest BCUT2D eigenvalue weighted by atomic mass is 16.5. The smallest absolute Gasteiger partial charge is 0.325 e. The predicted octanol–water partition coefficient (Wildman–Crippen LogP) is 2.49. The average molecular weight is 339 g/mol. The number of ether oxygens (including phenoxy) is 1. The quantitative estimate of drug-likeness (QED) is 0.821. The number of hydrogen-bond donors (Lipinski definition) is 1. The molecule has 1 atom stereocenters. The molecule has 1 unspecified atom stereocenters. The zero-order valence-corrected chi connectivity index (χ0v) is 14.4. The third-order valence-electron chi connectivity index (χ3n) is 4.61. The lowest BCUT2D eigenvalue weighted by Gasteiger charge is -2.26. The van der Waals surface area contributed by atoms with Gasteiger partial charge in [-0.1, -0.05) is 25.1 Å². The van der Waals surface area contributed by atoms with Gasteiger partial charge in [0.05, 0.1) is 7.11 Å². The first kappa shape index (κ1) is 17.0. The Kier molecular flexibility index (Phi) is 4.70. The van der Waals surface area contributed by atoms with Crippen molar-refractivity contribution in [1.29, 1.82) is 0 Å². The van der Waals surface area contributed by atoms with Gasteiger partial charge in [0.1, 0.15) is 11.3 Å². The zero-order chi connectivity index (χ0) is 17.9. The summed E-state index contributed by atoms with van der Waals surface area (Å²) in [5.41, 5.74) is 0.587. The molecule has 2 heterocycles. The van der Waals surface area contributed by atoms with Crippen LogP contribution in [0.5, 0.6) is 5.75 Å². The van der Waals surface area contributed by atoms with Crippen molar-refractivity contribution in [2.24, 2.45) is 0 Å². The van der Waals surface area contributed by atoms with Gasteiger partial charge >= 0.3 is 6.03 Å². The fraction of sp³-hybridized carbons (Fsp3) is 0.316. The van der Waals surface area contributed by atoms with Gasteiger partial charge in [0.25, 0.3) is 5.91 Å². The van der Waals surface area contributed by atoms with E-state index < -0.39 is 5.54 Å². The van der Waals surface area contributed by atoms with Crippen LogP contribution in [0.3, 0.4) is 0 Å². The fourth-order valence-electron chi connectivity index (χ4n) is 3.12. The molecule has 1 aliphatic heterocycles. The average Bonchev–Trinajstić information content (AvgIpc) is 2.91. The normalized spacial score (nSPS) is 19.8. The molecule has 1 aromatic carbocycles. The summed E-state index contributed by atoms with van der Waals surface area (Å²) in [5, 5.41) is 2.88. The monoisotopic (exact) mass is 339 g/mol. The molecule has 0 radical (unpaired) electrons. The summed E-state index contributed by atoms with van der Waals surface area (Å²) in [5.74, 6) is 0.486. The van der Waals surface area contributed by atoms with Crippen molar-refractivity contribution >= 4 is 11.9 Å². The number of aromatic nitrogens is 1. The first-order chi connectivity index (χ1) is 12.1. The third kappa shape index (κ3) is 3.07. The summed E-state index contributed by atoms with van der Waals surface area (Å²) >= 11 is 0.